The third-order valence-electron chi connectivity index (χ3n) is 17.1. The lowest BCUT2D eigenvalue weighted by atomic mass is 9.83. The Morgan fingerprint density at radius 1 is 0.262 bits per heavy atom. The van der Waals surface area contributed by atoms with Crippen molar-refractivity contribution in [2.45, 2.75) is 26.2 Å². The van der Waals surface area contributed by atoms with Gasteiger partial charge in [0.15, 0.2) is 11.2 Å². The van der Waals surface area contributed by atoms with Crippen LogP contribution in [-0.2, 0) is 5.41 Å². The van der Waals surface area contributed by atoms with Crippen LogP contribution in [0, 0.1) is 0 Å². The number of nitrogens with zero attached hydrogens (tertiary/aromatic N) is 2. The lowest BCUT2D eigenvalue weighted by Gasteiger charge is -2.34. The molecule has 0 aliphatic carbocycles. The Bertz CT molecular complexity index is 4860. The zero-order chi connectivity index (χ0) is 56.0. The Morgan fingerprint density at radius 2 is 0.655 bits per heavy atom. The maximum Gasteiger partial charge on any atom is 0.159 e. The molecule has 4 nitrogen and oxygen atoms in total. The molecule has 0 aliphatic rings. The van der Waals surface area contributed by atoms with Gasteiger partial charge in [-0.05, 0) is 103 Å². The average Bonchev–Trinajstić information content (AvgIpc) is 2.65. The molecule has 4 heteroatoms. The van der Waals surface area contributed by atoms with Crippen LogP contribution in [0.4, 0.5) is 34.1 Å². The summed E-state index contributed by atoms with van der Waals surface area (Å²) < 4.78 is 14.4. The number of anilines is 6. The van der Waals surface area contributed by atoms with Crippen molar-refractivity contribution in [2.24, 2.45) is 0 Å². The lowest BCUT2D eigenvalue weighted by Crippen LogP contribution is -2.16. The molecule has 0 N–H and O–H groups in total. The highest BCUT2D eigenvalue weighted by atomic mass is 16.3. The Balaban J connectivity index is 1.11. The van der Waals surface area contributed by atoms with Crippen LogP contribution in [0.1, 0.15) is 26.3 Å². The van der Waals surface area contributed by atoms with Gasteiger partial charge in [0.2, 0.25) is 0 Å². The second-order valence-corrected chi connectivity index (χ2v) is 23.2. The standard InChI is InChI=1S/C80H56N2O2/c1-80(2,3)59-46-57-40-44-66-72(81(68-34-20-32-64-62-30-16-18-36-74(62)83-78(64)68)70-48-55(51-22-8-4-9-23-51)38-42-60(70)53-26-12-6-13-27-53)50-73(67-45-41-58(47-59)76(57)77(66)67)82(69-35-21-33-65-63-31-17-19-37-75(63)84-79(65)69)71-49-56(52-24-10-5-11-25-52)39-43-61(71)54-28-14-7-15-29-54/h4-50H,1-3H3. The van der Waals surface area contributed by atoms with Crippen molar-refractivity contribution >= 4 is 110 Å². The van der Waals surface area contributed by atoms with Gasteiger partial charge in [-0.1, -0.05) is 263 Å². The second kappa shape index (κ2) is 19.5. The molecule has 398 valence electrons. The fourth-order valence-electron chi connectivity index (χ4n) is 13.1. The molecule has 0 bridgehead atoms. The van der Waals surface area contributed by atoms with Crippen LogP contribution < -0.4 is 9.80 Å². The first-order valence-corrected chi connectivity index (χ1v) is 29.0. The smallest absolute Gasteiger partial charge is 0.159 e. The summed E-state index contributed by atoms with van der Waals surface area (Å²) in [5.74, 6) is 0. The van der Waals surface area contributed by atoms with E-state index in [1.165, 1.54) is 27.1 Å². The predicted octanol–water partition coefficient (Wildman–Crippen LogP) is 23.3. The lowest BCUT2D eigenvalue weighted by molar-refractivity contribution is 0.591. The second-order valence-electron chi connectivity index (χ2n) is 23.2. The minimum absolute atomic E-state index is 0.0832. The van der Waals surface area contributed by atoms with Gasteiger partial charge in [0.25, 0.3) is 0 Å². The van der Waals surface area contributed by atoms with Gasteiger partial charge in [0.05, 0.1) is 34.1 Å². The Labute approximate surface area is 487 Å². The highest BCUT2D eigenvalue weighted by Crippen LogP contribution is 2.56. The van der Waals surface area contributed by atoms with Crippen molar-refractivity contribution in [1.29, 1.82) is 0 Å². The number of hydrogen-bond donors (Lipinski definition) is 0. The highest BCUT2D eigenvalue weighted by Gasteiger charge is 2.31. The Morgan fingerprint density at radius 3 is 1.08 bits per heavy atom. The topological polar surface area (TPSA) is 32.8 Å². The monoisotopic (exact) mass is 1080 g/mol. The molecular weight excluding hydrogens is 1020 g/mol. The van der Waals surface area contributed by atoms with Crippen LogP contribution in [-0.4, -0.2) is 0 Å². The van der Waals surface area contributed by atoms with Gasteiger partial charge >= 0.3 is 0 Å². The summed E-state index contributed by atoms with van der Waals surface area (Å²) in [6.07, 6.45) is 0. The van der Waals surface area contributed by atoms with Gasteiger partial charge in [0.1, 0.15) is 11.2 Å². The van der Waals surface area contributed by atoms with Crippen LogP contribution >= 0.6 is 0 Å². The van der Waals surface area contributed by atoms with Crippen molar-refractivity contribution in [3.8, 4) is 44.5 Å². The molecular formula is C80H56N2O2. The molecule has 16 aromatic rings. The first kappa shape index (κ1) is 49.2. The van der Waals surface area contributed by atoms with Crippen molar-refractivity contribution in [3.05, 3.63) is 291 Å². The quantitative estimate of drug-likeness (QED) is 0.128. The third-order valence-corrected chi connectivity index (χ3v) is 17.1. The summed E-state index contributed by atoms with van der Waals surface area (Å²) in [6, 6.07) is 104. The number of para-hydroxylation sites is 4. The van der Waals surface area contributed by atoms with E-state index in [0.717, 1.165) is 133 Å². The van der Waals surface area contributed by atoms with Crippen molar-refractivity contribution in [1.82, 2.24) is 0 Å². The van der Waals surface area contributed by atoms with E-state index in [1.807, 2.05) is 0 Å². The fraction of sp³-hybridized carbons (Fsp3) is 0.0500. The van der Waals surface area contributed by atoms with Crippen molar-refractivity contribution in [3.63, 3.8) is 0 Å². The van der Waals surface area contributed by atoms with E-state index < -0.39 is 0 Å². The van der Waals surface area contributed by atoms with Gasteiger partial charge in [0, 0.05) is 48.8 Å². The van der Waals surface area contributed by atoms with Gasteiger partial charge in [-0.3, -0.25) is 0 Å². The molecule has 0 amide bonds. The molecule has 84 heavy (non-hydrogen) atoms. The van der Waals surface area contributed by atoms with E-state index >= 15 is 0 Å². The van der Waals surface area contributed by atoms with E-state index in [2.05, 4.69) is 316 Å². The fourth-order valence-corrected chi connectivity index (χ4v) is 13.1. The average molecular weight is 1080 g/mol. The van der Waals surface area contributed by atoms with E-state index in [0.29, 0.717) is 0 Å². The third kappa shape index (κ3) is 8.05. The highest BCUT2D eigenvalue weighted by molar-refractivity contribution is 6.30. The maximum absolute atomic E-state index is 7.19. The largest absolute Gasteiger partial charge is 0.454 e. The Hall–Kier alpha value is -10.7. The zero-order valence-electron chi connectivity index (χ0n) is 46.8. The van der Waals surface area contributed by atoms with Crippen LogP contribution in [0.5, 0.6) is 0 Å². The molecule has 0 aliphatic heterocycles. The number of benzene rings is 14. The van der Waals surface area contributed by atoms with E-state index in [9.17, 15) is 0 Å². The van der Waals surface area contributed by atoms with Crippen molar-refractivity contribution < 1.29 is 8.83 Å². The van der Waals surface area contributed by atoms with Crippen LogP contribution in [0.2, 0.25) is 0 Å². The molecule has 2 heterocycles. The number of furan rings is 2. The van der Waals surface area contributed by atoms with Crippen LogP contribution in [0.3, 0.4) is 0 Å². The SMILES string of the molecule is CC(C)(C)c1cc2ccc3c(N(c4cc(-c5ccccc5)ccc4-c4ccccc4)c4cccc5c4oc4ccccc45)cc(N(c4cc(-c5ccccc5)ccc4-c4ccccc4)c4cccc5c4oc4ccccc45)c4ccc(c1)c2c34. The number of rotatable bonds is 10. The summed E-state index contributed by atoms with van der Waals surface area (Å²) in [6.45, 7) is 6.93. The molecule has 0 atom stereocenters. The molecule has 0 spiro atoms. The first-order chi connectivity index (χ1) is 41.3. The normalized spacial score (nSPS) is 12.0. The van der Waals surface area contributed by atoms with Gasteiger partial charge in [-0.25, -0.2) is 0 Å². The van der Waals surface area contributed by atoms with E-state index in [4.69, 9.17) is 8.83 Å². The maximum atomic E-state index is 7.19. The minimum atomic E-state index is -0.0832. The molecule has 0 saturated carbocycles. The summed E-state index contributed by atoms with van der Waals surface area (Å²) >= 11 is 0. The molecule has 0 unspecified atom stereocenters. The summed E-state index contributed by atoms with van der Waals surface area (Å²) in [7, 11) is 0. The molecule has 16 rings (SSSR count). The van der Waals surface area contributed by atoms with Gasteiger partial charge in [-0.15, -0.1) is 0 Å². The molecule has 0 radical (unpaired) electrons. The zero-order valence-corrected chi connectivity index (χ0v) is 46.8. The number of fused-ring (bicyclic) bond motifs is 6. The predicted molar refractivity (Wildman–Crippen MR) is 355 cm³/mol. The van der Waals surface area contributed by atoms with Gasteiger partial charge in [-0.2, -0.15) is 0 Å². The molecule has 2 aromatic heterocycles. The number of hydrogen-bond acceptors (Lipinski definition) is 4. The first-order valence-electron chi connectivity index (χ1n) is 29.0. The summed E-state index contributed by atoms with van der Waals surface area (Å²) in [5.41, 5.74) is 19.1. The van der Waals surface area contributed by atoms with E-state index in [1.54, 1.807) is 0 Å². The summed E-state index contributed by atoms with van der Waals surface area (Å²) in [4.78, 5) is 5.02. The van der Waals surface area contributed by atoms with E-state index in [-0.39, 0.29) is 5.41 Å². The van der Waals surface area contributed by atoms with Gasteiger partial charge < -0.3 is 18.6 Å². The molecule has 0 fully saturated rings. The minimum Gasteiger partial charge on any atom is -0.454 e. The Kier molecular flexibility index (Phi) is 11.4. The van der Waals surface area contributed by atoms with Crippen molar-refractivity contribution in [2.75, 3.05) is 9.80 Å². The van der Waals surface area contributed by atoms with Crippen LogP contribution in [0.15, 0.2) is 294 Å². The molecule has 0 saturated heterocycles. The molecule has 14 aromatic carbocycles. The van der Waals surface area contributed by atoms with Crippen LogP contribution in [0.25, 0.3) is 121 Å². The summed E-state index contributed by atoms with van der Waals surface area (Å²) in [5, 5.41) is 11.2.